The topological polar surface area (TPSA) is 83.5 Å². The van der Waals surface area contributed by atoms with E-state index in [0.29, 0.717) is 17.9 Å². The highest BCUT2D eigenvalue weighted by Gasteiger charge is 2.36. The number of halogens is 1. The summed E-state index contributed by atoms with van der Waals surface area (Å²) in [6.45, 7) is -0.0217. The zero-order chi connectivity index (χ0) is 16.2. The van der Waals surface area contributed by atoms with Crippen molar-refractivity contribution in [2.75, 3.05) is 12.3 Å². The minimum atomic E-state index is -3.48. The zero-order valence-corrected chi connectivity index (χ0v) is 13.8. The molecule has 0 radical (unpaired) electrons. The molecule has 5 nitrogen and oxygen atoms in total. The fraction of sp³-hybridized carbons (Fsp3) is 0.533. The number of amides is 1. The molecule has 0 spiro atoms. The first-order chi connectivity index (χ1) is 10.3. The van der Waals surface area contributed by atoms with Crippen LogP contribution in [0.15, 0.2) is 29.2 Å². The molecule has 122 valence electrons. The van der Waals surface area contributed by atoms with Gasteiger partial charge in [-0.2, -0.15) is 0 Å². The van der Waals surface area contributed by atoms with Crippen molar-refractivity contribution < 1.29 is 18.3 Å². The fourth-order valence-corrected chi connectivity index (χ4v) is 3.87. The van der Waals surface area contributed by atoms with E-state index in [4.69, 9.17) is 11.6 Å². The Bertz CT molecular complexity index is 621. The minimum absolute atomic E-state index is 0.0217. The average Bonchev–Trinajstić information content (AvgIpc) is 2.48. The van der Waals surface area contributed by atoms with Gasteiger partial charge in [0.2, 0.25) is 0 Å². The molecule has 0 heterocycles. The van der Waals surface area contributed by atoms with Gasteiger partial charge in [-0.3, -0.25) is 4.79 Å². The van der Waals surface area contributed by atoms with E-state index in [1.807, 2.05) is 0 Å². The maximum absolute atomic E-state index is 12.1. The van der Waals surface area contributed by atoms with Crippen LogP contribution in [0, 0.1) is 0 Å². The van der Waals surface area contributed by atoms with Gasteiger partial charge in [-0.25, -0.2) is 8.42 Å². The lowest BCUT2D eigenvalue weighted by molar-refractivity contribution is -0.142. The Kier molecular flexibility index (Phi) is 5.47. The molecule has 22 heavy (non-hydrogen) atoms. The molecule has 0 aliphatic heterocycles. The van der Waals surface area contributed by atoms with Crippen LogP contribution in [-0.4, -0.2) is 37.3 Å². The van der Waals surface area contributed by atoms with Gasteiger partial charge in [0.25, 0.3) is 5.91 Å². The minimum Gasteiger partial charge on any atom is -0.380 e. The predicted octanol–water partition coefficient (Wildman–Crippen LogP) is 1.93. The van der Waals surface area contributed by atoms with E-state index in [9.17, 15) is 18.3 Å². The van der Waals surface area contributed by atoms with E-state index in [-0.39, 0.29) is 17.2 Å². The van der Waals surface area contributed by atoms with Crippen molar-refractivity contribution in [1.29, 1.82) is 0 Å². The van der Waals surface area contributed by atoms with Crippen molar-refractivity contribution in [2.45, 2.75) is 42.6 Å². The van der Waals surface area contributed by atoms with Crippen molar-refractivity contribution in [2.24, 2.45) is 0 Å². The number of nitrogens with one attached hydrogen (secondary N) is 1. The van der Waals surface area contributed by atoms with E-state index in [2.05, 4.69) is 5.32 Å². The summed E-state index contributed by atoms with van der Waals surface area (Å²) in [5.41, 5.74) is -1.34. The van der Waals surface area contributed by atoms with Crippen molar-refractivity contribution in [1.82, 2.24) is 5.32 Å². The molecular weight excluding hydrogens is 326 g/mol. The number of carbonyl (C=O) groups is 1. The van der Waals surface area contributed by atoms with Crippen molar-refractivity contribution >= 4 is 27.3 Å². The quantitative estimate of drug-likeness (QED) is 0.854. The molecule has 2 rings (SSSR count). The molecule has 1 fully saturated rings. The first kappa shape index (κ1) is 17.2. The molecule has 0 unspecified atom stereocenters. The lowest BCUT2D eigenvalue weighted by Crippen LogP contribution is -2.49. The number of benzene rings is 1. The van der Waals surface area contributed by atoms with E-state index < -0.39 is 21.3 Å². The van der Waals surface area contributed by atoms with Crippen LogP contribution < -0.4 is 5.32 Å². The van der Waals surface area contributed by atoms with Gasteiger partial charge in [-0.1, -0.05) is 30.9 Å². The van der Waals surface area contributed by atoms with Gasteiger partial charge in [0.1, 0.15) is 5.60 Å². The number of carbonyl (C=O) groups excluding carboxylic acids is 1. The molecule has 1 aliphatic carbocycles. The van der Waals surface area contributed by atoms with Gasteiger partial charge in [0, 0.05) is 11.6 Å². The molecule has 0 aromatic heterocycles. The highest BCUT2D eigenvalue weighted by molar-refractivity contribution is 7.91. The summed E-state index contributed by atoms with van der Waals surface area (Å²) in [5.74, 6) is -0.685. The van der Waals surface area contributed by atoms with Gasteiger partial charge in [-0.15, -0.1) is 0 Å². The molecule has 2 N–H and O–H groups in total. The van der Waals surface area contributed by atoms with Crippen LogP contribution in [0.1, 0.15) is 32.1 Å². The van der Waals surface area contributed by atoms with Crippen LogP contribution in [0.25, 0.3) is 0 Å². The third kappa shape index (κ3) is 4.21. The van der Waals surface area contributed by atoms with Crippen LogP contribution in [0.2, 0.25) is 5.02 Å². The maximum atomic E-state index is 12.1. The maximum Gasteiger partial charge on any atom is 0.251 e. The van der Waals surface area contributed by atoms with Crippen LogP contribution in [0.5, 0.6) is 0 Å². The molecule has 0 bridgehead atoms. The summed E-state index contributed by atoms with van der Waals surface area (Å²) >= 11 is 5.73. The lowest BCUT2D eigenvalue weighted by atomic mass is 9.84. The average molecular weight is 346 g/mol. The van der Waals surface area contributed by atoms with Crippen LogP contribution in [-0.2, 0) is 14.6 Å². The smallest absolute Gasteiger partial charge is 0.251 e. The van der Waals surface area contributed by atoms with Gasteiger partial charge >= 0.3 is 0 Å². The molecule has 7 heteroatoms. The number of hydrogen-bond donors (Lipinski definition) is 2. The Morgan fingerprint density at radius 2 is 1.77 bits per heavy atom. The Hall–Kier alpha value is -1.11. The SMILES string of the molecule is O=C(NCCS(=O)(=O)c1ccc(Cl)cc1)C1(O)CCCCC1. The van der Waals surface area contributed by atoms with Crippen molar-refractivity contribution in [3.63, 3.8) is 0 Å². The predicted molar refractivity (Wildman–Crippen MR) is 84.5 cm³/mol. The molecule has 1 aromatic carbocycles. The third-order valence-corrected chi connectivity index (χ3v) is 5.92. The molecule has 0 atom stereocenters. The Balaban J connectivity index is 1.90. The van der Waals surface area contributed by atoms with E-state index >= 15 is 0 Å². The Morgan fingerprint density at radius 3 is 2.36 bits per heavy atom. The monoisotopic (exact) mass is 345 g/mol. The Labute approximate surface area is 135 Å². The fourth-order valence-electron chi connectivity index (χ4n) is 2.59. The third-order valence-electron chi connectivity index (χ3n) is 3.93. The summed E-state index contributed by atoms with van der Waals surface area (Å²) in [4.78, 5) is 12.2. The summed E-state index contributed by atoms with van der Waals surface area (Å²) in [5, 5.41) is 13.2. The summed E-state index contributed by atoms with van der Waals surface area (Å²) in [6, 6.07) is 5.90. The number of aliphatic hydroxyl groups is 1. The lowest BCUT2D eigenvalue weighted by Gasteiger charge is -2.30. The summed E-state index contributed by atoms with van der Waals surface area (Å²) in [7, 11) is -3.48. The van der Waals surface area contributed by atoms with Gasteiger partial charge in [-0.05, 0) is 37.1 Å². The summed E-state index contributed by atoms with van der Waals surface area (Å²) < 4.78 is 24.2. The molecule has 0 saturated heterocycles. The van der Waals surface area contributed by atoms with Crippen molar-refractivity contribution in [3.05, 3.63) is 29.3 Å². The van der Waals surface area contributed by atoms with E-state index in [1.165, 1.54) is 24.3 Å². The highest BCUT2D eigenvalue weighted by atomic mass is 35.5. The second-order valence-corrected chi connectivity index (χ2v) is 8.17. The summed E-state index contributed by atoms with van der Waals surface area (Å²) in [6.07, 6.45) is 3.51. The largest absolute Gasteiger partial charge is 0.380 e. The number of sulfone groups is 1. The van der Waals surface area contributed by atoms with Gasteiger partial charge in [0.15, 0.2) is 9.84 Å². The molecule has 1 aromatic rings. The first-order valence-corrected chi connectivity index (χ1v) is 9.36. The number of rotatable bonds is 5. The molecule has 1 saturated carbocycles. The standard InChI is InChI=1S/C15H20ClNO4S/c16-12-4-6-13(7-5-12)22(20,21)11-10-17-14(18)15(19)8-2-1-3-9-15/h4-7,19H,1-3,8-11H2,(H,17,18). The van der Waals surface area contributed by atoms with Gasteiger partial charge < -0.3 is 10.4 Å². The van der Waals surface area contributed by atoms with Crippen LogP contribution in [0.3, 0.4) is 0 Å². The second kappa shape index (κ2) is 6.98. The van der Waals surface area contributed by atoms with Crippen LogP contribution in [0.4, 0.5) is 0 Å². The molecular formula is C15H20ClNO4S. The van der Waals surface area contributed by atoms with Gasteiger partial charge in [0.05, 0.1) is 10.6 Å². The van der Waals surface area contributed by atoms with Crippen LogP contribution >= 0.6 is 11.6 Å². The first-order valence-electron chi connectivity index (χ1n) is 7.32. The molecule has 1 aliphatic rings. The Morgan fingerprint density at radius 1 is 1.18 bits per heavy atom. The highest BCUT2D eigenvalue weighted by Crippen LogP contribution is 2.28. The normalized spacial score (nSPS) is 17.9. The van der Waals surface area contributed by atoms with Crippen molar-refractivity contribution in [3.8, 4) is 0 Å². The zero-order valence-electron chi connectivity index (χ0n) is 12.2. The van der Waals surface area contributed by atoms with E-state index in [0.717, 1.165) is 19.3 Å². The number of hydrogen-bond acceptors (Lipinski definition) is 4. The second-order valence-electron chi connectivity index (χ2n) is 5.62. The van der Waals surface area contributed by atoms with E-state index in [1.54, 1.807) is 0 Å². The molecule has 1 amide bonds.